The van der Waals surface area contributed by atoms with Gasteiger partial charge in [0.05, 0.1) is 23.5 Å². The van der Waals surface area contributed by atoms with Crippen molar-refractivity contribution in [3.8, 4) is 0 Å². The van der Waals surface area contributed by atoms with Gasteiger partial charge in [-0.05, 0) is 33.3 Å². The van der Waals surface area contributed by atoms with Crippen LogP contribution in [0.1, 0.15) is 43.8 Å². The van der Waals surface area contributed by atoms with E-state index >= 15 is 0 Å². The zero-order valence-corrected chi connectivity index (χ0v) is 14.9. The van der Waals surface area contributed by atoms with Gasteiger partial charge in [-0.3, -0.25) is 19.8 Å². The fourth-order valence-corrected chi connectivity index (χ4v) is 2.95. The van der Waals surface area contributed by atoms with E-state index in [0.717, 1.165) is 11.3 Å². The van der Waals surface area contributed by atoms with Gasteiger partial charge in [-0.2, -0.15) is 5.10 Å². The van der Waals surface area contributed by atoms with Gasteiger partial charge in [-0.15, -0.1) is 0 Å². The number of carbonyl (C=O) groups excluding carboxylic acids is 1. The normalized spacial score (nSPS) is 15.9. The van der Waals surface area contributed by atoms with Gasteiger partial charge in [-0.1, -0.05) is 5.16 Å². The highest BCUT2D eigenvalue weighted by Crippen LogP contribution is 2.19. The minimum Gasteiger partial charge on any atom is -0.338 e. The van der Waals surface area contributed by atoms with Gasteiger partial charge in [0.1, 0.15) is 0 Å². The lowest BCUT2D eigenvalue weighted by atomic mass is 10.0. The number of aryl methyl sites for hydroxylation is 1. The maximum atomic E-state index is 12.4. The van der Waals surface area contributed by atoms with Crippen LogP contribution in [-0.4, -0.2) is 38.3 Å². The lowest BCUT2D eigenvalue weighted by Gasteiger charge is -2.32. The molecule has 0 bridgehead atoms. The molecule has 1 N–H and O–H groups in total. The van der Waals surface area contributed by atoms with E-state index in [1.165, 1.54) is 4.68 Å². The minimum atomic E-state index is -0.355. The van der Waals surface area contributed by atoms with Crippen LogP contribution in [0, 0.1) is 6.92 Å². The average Bonchev–Trinajstić information content (AvgIpc) is 2.97. The topological polar surface area (TPSA) is 93.3 Å². The molecule has 2 aromatic heterocycles. The Kier molecular flexibility index (Phi) is 4.71. The molecule has 1 aliphatic heterocycles. The van der Waals surface area contributed by atoms with Crippen molar-refractivity contribution < 1.29 is 9.32 Å². The monoisotopic (exact) mass is 345 g/mol. The predicted octanol–water partition coefficient (Wildman–Crippen LogP) is 1.51. The van der Waals surface area contributed by atoms with E-state index < -0.39 is 0 Å². The summed E-state index contributed by atoms with van der Waals surface area (Å²) in [5, 5.41) is 11.0. The largest absolute Gasteiger partial charge is 0.338 e. The molecule has 0 unspecified atom stereocenters. The van der Waals surface area contributed by atoms with Crippen LogP contribution in [0.4, 0.5) is 5.88 Å². The molecule has 0 aliphatic carbocycles. The van der Waals surface area contributed by atoms with Crippen molar-refractivity contribution in [1.82, 2.24) is 19.8 Å². The predicted molar refractivity (Wildman–Crippen MR) is 92.3 cm³/mol. The van der Waals surface area contributed by atoms with Crippen molar-refractivity contribution in [1.29, 1.82) is 0 Å². The van der Waals surface area contributed by atoms with Crippen LogP contribution < -0.4 is 10.9 Å². The first-order valence-electron chi connectivity index (χ1n) is 8.45. The first-order chi connectivity index (χ1) is 11.8. The van der Waals surface area contributed by atoms with E-state index in [9.17, 15) is 9.59 Å². The second-order valence-corrected chi connectivity index (χ2v) is 6.71. The summed E-state index contributed by atoms with van der Waals surface area (Å²) in [7, 11) is 0. The molecule has 0 aromatic carbocycles. The second kappa shape index (κ2) is 6.79. The van der Waals surface area contributed by atoms with Gasteiger partial charge in [0.2, 0.25) is 11.8 Å². The average molecular weight is 345 g/mol. The molecule has 0 fully saturated rings. The quantitative estimate of drug-likeness (QED) is 0.903. The van der Waals surface area contributed by atoms with Crippen molar-refractivity contribution in [3.05, 3.63) is 39.4 Å². The lowest BCUT2D eigenvalue weighted by Crippen LogP contribution is -2.45. The molecule has 0 saturated carbocycles. The zero-order valence-electron chi connectivity index (χ0n) is 14.9. The molecule has 2 aromatic rings. The van der Waals surface area contributed by atoms with Crippen LogP contribution in [0.25, 0.3) is 0 Å². The molecule has 25 heavy (non-hydrogen) atoms. The molecule has 1 atom stereocenters. The highest BCUT2D eigenvalue weighted by Gasteiger charge is 2.27. The molecular weight excluding hydrogens is 322 g/mol. The van der Waals surface area contributed by atoms with Crippen molar-refractivity contribution in [3.63, 3.8) is 0 Å². The number of carbonyl (C=O) groups is 1. The molecule has 0 saturated heterocycles. The van der Waals surface area contributed by atoms with Gasteiger partial charge in [0.15, 0.2) is 0 Å². The summed E-state index contributed by atoms with van der Waals surface area (Å²) in [6, 6.07) is 2.99. The number of nitrogens with zero attached hydrogens (tertiary/aromatic N) is 4. The molecule has 0 radical (unpaired) electrons. The minimum absolute atomic E-state index is 0.0332. The molecule has 3 rings (SSSR count). The molecule has 0 spiro atoms. The number of hydrogen-bond acceptors (Lipinski definition) is 6. The number of fused-ring (bicyclic) bond motifs is 1. The molecule has 1 aliphatic rings. The second-order valence-electron chi connectivity index (χ2n) is 6.71. The summed E-state index contributed by atoms with van der Waals surface area (Å²) in [5.74, 6) is 0.177. The van der Waals surface area contributed by atoms with E-state index in [0.29, 0.717) is 31.1 Å². The SMILES string of the molecule is Cc1cc(NC(=O)[C@H](C)N2CCc3nn(C(C)C)c(=O)cc3C2)on1. The highest BCUT2D eigenvalue weighted by molar-refractivity contribution is 5.93. The summed E-state index contributed by atoms with van der Waals surface area (Å²) in [4.78, 5) is 26.6. The van der Waals surface area contributed by atoms with Crippen LogP contribution in [0.5, 0.6) is 0 Å². The number of aromatic nitrogens is 3. The summed E-state index contributed by atoms with van der Waals surface area (Å²) in [6.45, 7) is 8.75. The standard InChI is InChI=1S/C17H23N5O3/c1-10(2)22-16(23)8-13-9-21(6-5-14(13)19-22)12(4)17(24)18-15-7-11(3)20-25-15/h7-8,10,12H,5-6,9H2,1-4H3,(H,18,24)/t12-/m0/s1. The molecule has 8 heteroatoms. The van der Waals surface area contributed by atoms with E-state index in [2.05, 4.69) is 15.6 Å². The van der Waals surface area contributed by atoms with Crippen LogP contribution >= 0.6 is 0 Å². The van der Waals surface area contributed by atoms with E-state index in [1.54, 1.807) is 19.1 Å². The zero-order chi connectivity index (χ0) is 18.1. The van der Waals surface area contributed by atoms with Gasteiger partial charge < -0.3 is 4.52 Å². The number of anilines is 1. The van der Waals surface area contributed by atoms with Crippen LogP contribution in [0.3, 0.4) is 0 Å². The van der Waals surface area contributed by atoms with Crippen molar-refractivity contribution in [2.45, 2.75) is 52.7 Å². The molecule has 8 nitrogen and oxygen atoms in total. The maximum Gasteiger partial charge on any atom is 0.267 e. The Balaban J connectivity index is 1.72. The first-order valence-corrected chi connectivity index (χ1v) is 8.45. The molecule has 1 amide bonds. The van der Waals surface area contributed by atoms with Gasteiger partial charge in [-0.25, -0.2) is 4.68 Å². The van der Waals surface area contributed by atoms with E-state index in [1.807, 2.05) is 25.7 Å². The third-order valence-corrected chi connectivity index (χ3v) is 4.42. The molecule has 134 valence electrons. The first kappa shape index (κ1) is 17.3. The molecular formula is C17H23N5O3. The Hall–Kier alpha value is -2.48. The number of nitrogens with one attached hydrogen (secondary N) is 1. The third-order valence-electron chi connectivity index (χ3n) is 4.42. The number of hydrogen-bond donors (Lipinski definition) is 1. The Morgan fingerprint density at radius 2 is 2.08 bits per heavy atom. The van der Waals surface area contributed by atoms with Crippen molar-refractivity contribution in [2.24, 2.45) is 0 Å². The lowest BCUT2D eigenvalue weighted by molar-refractivity contribution is -0.121. The summed E-state index contributed by atoms with van der Waals surface area (Å²) >= 11 is 0. The summed E-state index contributed by atoms with van der Waals surface area (Å²) in [5.41, 5.74) is 2.43. The fraction of sp³-hybridized carbons (Fsp3) is 0.529. The van der Waals surface area contributed by atoms with Crippen LogP contribution in [-0.2, 0) is 17.8 Å². The van der Waals surface area contributed by atoms with Gasteiger partial charge in [0.25, 0.3) is 5.56 Å². The number of rotatable bonds is 4. The Bertz CT molecular complexity index is 839. The maximum absolute atomic E-state index is 12.4. The van der Waals surface area contributed by atoms with Gasteiger partial charge >= 0.3 is 0 Å². The number of amides is 1. The summed E-state index contributed by atoms with van der Waals surface area (Å²) < 4.78 is 6.54. The summed E-state index contributed by atoms with van der Waals surface area (Å²) in [6.07, 6.45) is 0.710. The third kappa shape index (κ3) is 3.63. The Morgan fingerprint density at radius 1 is 1.32 bits per heavy atom. The highest BCUT2D eigenvalue weighted by atomic mass is 16.5. The fourth-order valence-electron chi connectivity index (χ4n) is 2.95. The van der Waals surface area contributed by atoms with E-state index in [-0.39, 0.29) is 23.6 Å². The van der Waals surface area contributed by atoms with Crippen molar-refractivity contribution in [2.75, 3.05) is 11.9 Å². The Morgan fingerprint density at radius 3 is 2.72 bits per heavy atom. The smallest absolute Gasteiger partial charge is 0.267 e. The van der Waals surface area contributed by atoms with Crippen molar-refractivity contribution >= 4 is 11.8 Å². The molecule has 3 heterocycles. The van der Waals surface area contributed by atoms with Crippen LogP contribution in [0.2, 0.25) is 0 Å². The van der Waals surface area contributed by atoms with E-state index in [4.69, 9.17) is 4.52 Å². The Labute approximate surface area is 145 Å². The van der Waals surface area contributed by atoms with Crippen LogP contribution in [0.15, 0.2) is 21.5 Å². The van der Waals surface area contributed by atoms with Gasteiger partial charge in [0, 0.05) is 31.6 Å².